The summed E-state index contributed by atoms with van der Waals surface area (Å²) >= 11 is 0. The van der Waals surface area contributed by atoms with Gasteiger partial charge in [-0.1, -0.05) is 57.2 Å². The third-order valence-corrected chi connectivity index (χ3v) is 10.2. The maximum atomic E-state index is 11.4. The Morgan fingerprint density at radius 2 is 1.83 bits per heavy atom. The second-order valence-electron chi connectivity index (χ2n) is 9.51. The molecule has 0 N–H and O–H groups in total. The molecule has 6 heteroatoms. The van der Waals surface area contributed by atoms with E-state index in [0.717, 1.165) is 5.56 Å². The molecular weight excluding hydrogens is 384 g/mol. The van der Waals surface area contributed by atoms with Gasteiger partial charge in [-0.05, 0) is 44.0 Å². The zero-order chi connectivity index (χ0) is 21.9. The minimum atomic E-state index is -2.08. The number of carbonyl (C=O) groups is 1. The van der Waals surface area contributed by atoms with Crippen molar-refractivity contribution in [2.24, 2.45) is 0 Å². The monoisotopic (exact) mass is 420 g/mol. The molecule has 0 bridgehead atoms. The predicted molar refractivity (Wildman–Crippen MR) is 117 cm³/mol. The molecule has 5 nitrogen and oxygen atoms in total. The van der Waals surface area contributed by atoms with Crippen LogP contribution in [0, 0.1) is 0 Å². The van der Waals surface area contributed by atoms with Crippen LogP contribution in [0.5, 0.6) is 0 Å². The highest BCUT2D eigenvalue weighted by Crippen LogP contribution is 2.44. The third kappa shape index (κ3) is 6.25. The third-order valence-electron chi connectivity index (χ3n) is 5.70. The van der Waals surface area contributed by atoms with Crippen molar-refractivity contribution in [1.82, 2.24) is 0 Å². The number of ether oxygens (including phenoxy) is 3. The van der Waals surface area contributed by atoms with Gasteiger partial charge in [0.15, 0.2) is 14.1 Å². The Bertz CT molecular complexity index is 706. The number of benzene rings is 1. The number of esters is 1. The summed E-state index contributed by atoms with van der Waals surface area (Å²) in [6.07, 6.45) is 2.97. The van der Waals surface area contributed by atoms with Crippen LogP contribution in [0.15, 0.2) is 42.5 Å². The second-order valence-corrected chi connectivity index (χ2v) is 14.3. The maximum absolute atomic E-state index is 11.4. The van der Waals surface area contributed by atoms with Crippen LogP contribution < -0.4 is 0 Å². The van der Waals surface area contributed by atoms with Crippen LogP contribution in [0.1, 0.15) is 52.7 Å². The van der Waals surface area contributed by atoms with E-state index in [0.29, 0.717) is 6.42 Å². The minimum absolute atomic E-state index is 0.0648. The highest BCUT2D eigenvalue weighted by atomic mass is 28.4. The number of rotatable bonds is 7. The van der Waals surface area contributed by atoms with Crippen molar-refractivity contribution in [1.29, 1.82) is 0 Å². The van der Waals surface area contributed by atoms with Gasteiger partial charge in [-0.15, -0.1) is 0 Å². The molecule has 1 aliphatic heterocycles. The molecule has 3 atom stereocenters. The van der Waals surface area contributed by atoms with Crippen LogP contribution in [0.3, 0.4) is 0 Å². The van der Waals surface area contributed by atoms with Gasteiger partial charge in [0.25, 0.3) is 0 Å². The molecule has 0 spiro atoms. The Labute approximate surface area is 176 Å². The second kappa shape index (κ2) is 9.12. The SMILES string of the molecule is COC(=O)/C=C/C[C@@H]1OC(C)(C)O[C@@H]1[C@H](O[Si](C)(C)C(C)(C)C)c1ccccc1. The quantitative estimate of drug-likeness (QED) is 0.336. The summed E-state index contributed by atoms with van der Waals surface area (Å²) in [6, 6.07) is 10.2. The van der Waals surface area contributed by atoms with Crippen molar-refractivity contribution in [3.8, 4) is 0 Å². The van der Waals surface area contributed by atoms with E-state index in [1.165, 1.54) is 13.2 Å². The van der Waals surface area contributed by atoms with Crippen molar-refractivity contribution in [2.75, 3.05) is 7.11 Å². The topological polar surface area (TPSA) is 54.0 Å². The lowest BCUT2D eigenvalue weighted by Crippen LogP contribution is -2.45. The Balaban J connectivity index is 2.36. The zero-order valence-electron chi connectivity index (χ0n) is 19.0. The van der Waals surface area contributed by atoms with Gasteiger partial charge in [-0.2, -0.15) is 0 Å². The Kier molecular flexibility index (Phi) is 7.49. The van der Waals surface area contributed by atoms with E-state index in [1.54, 1.807) is 6.08 Å². The van der Waals surface area contributed by atoms with Gasteiger partial charge in [0.05, 0.1) is 19.3 Å². The first-order chi connectivity index (χ1) is 13.4. The Morgan fingerprint density at radius 3 is 2.38 bits per heavy atom. The smallest absolute Gasteiger partial charge is 0.330 e. The zero-order valence-corrected chi connectivity index (χ0v) is 20.0. The van der Waals surface area contributed by atoms with Crippen molar-refractivity contribution < 1.29 is 23.4 Å². The lowest BCUT2D eigenvalue weighted by molar-refractivity contribution is -0.154. The first-order valence-electron chi connectivity index (χ1n) is 10.2. The molecule has 1 heterocycles. The predicted octanol–water partition coefficient (Wildman–Crippen LogP) is 5.39. The largest absolute Gasteiger partial charge is 0.466 e. The summed E-state index contributed by atoms with van der Waals surface area (Å²) < 4.78 is 24.1. The molecule has 1 aromatic rings. The van der Waals surface area contributed by atoms with E-state index in [-0.39, 0.29) is 29.3 Å². The molecule has 1 saturated heterocycles. The van der Waals surface area contributed by atoms with Gasteiger partial charge in [0.2, 0.25) is 0 Å². The fourth-order valence-corrected chi connectivity index (χ4v) is 4.39. The lowest BCUT2D eigenvalue weighted by Gasteiger charge is -2.41. The molecular formula is C23H36O5Si. The molecule has 0 radical (unpaired) electrons. The van der Waals surface area contributed by atoms with Gasteiger partial charge in [0, 0.05) is 6.08 Å². The summed E-state index contributed by atoms with van der Waals surface area (Å²) in [6.45, 7) is 15.0. The molecule has 1 aromatic carbocycles. The summed E-state index contributed by atoms with van der Waals surface area (Å²) in [5, 5.41) is 0.0648. The average Bonchev–Trinajstić information content (AvgIpc) is 2.93. The van der Waals surface area contributed by atoms with Gasteiger partial charge in [0.1, 0.15) is 6.10 Å². The molecule has 1 fully saturated rings. The molecule has 0 aliphatic carbocycles. The Hall–Kier alpha value is -1.47. The Morgan fingerprint density at radius 1 is 1.21 bits per heavy atom. The highest BCUT2D eigenvalue weighted by Gasteiger charge is 2.49. The molecule has 0 amide bonds. The summed E-state index contributed by atoms with van der Waals surface area (Å²) in [5.41, 5.74) is 1.07. The first kappa shape index (κ1) is 23.8. The molecule has 2 rings (SSSR count). The molecule has 0 aromatic heterocycles. The van der Waals surface area contributed by atoms with Crippen LogP contribution >= 0.6 is 0 Å². The van der Waals surface area contributed by atoms with E-state index < -0.39 is 14.1 Å². The van der Waals surface area contributed by atoms with E-state index in [1.807, 2.05) is 32.0 Å². The molecule has 0 unspecified atom stereocenters. The van der Waals surface area contributed by atoms with Crippen LogP contribution in [-0.4, -0.2) is 39.4 Å². The summed E-state index contributed by atoms with van der Waals surface area (Å²) in [5.74, 6) is -1.10. The highest BCUT2D eigenvalue weighted by molar-refractivity contribution is 6.74. The summed E-state index contributed by atoms with van der Waals surface area (Å²) in [7, 11) is -0.710. The molecule has 162 valence electrons. The van der Waals surface area contributed by atoms with Gasteiger partial charge < -0.3 is 18.6 Å². The minimum Gasteiger partial charge on any atom is -0.466 e. The van der Waals surface area contributed by atoms with E-state index in [4.69, 9.17) is 13.9 Å². The molecule has 1 aliphatic rings. The van der Waals surface area contributed by atoms with Gasteiger partial charge in [-0.25, -0.2) is 4.79 Å². The van der Waals surface area contributed by atoms with Crippen molar-refractivity contribution in [3.63, 3.8) is 0 Å². The van der Waals surface area contributed by atoms with Crippen molar-refractivity contribution >= 4 is 14.3 Å². The number of hydrogen-bond acceptors (Lipinski definition) is 5. The van der Waals surface area contributed by atoms with E-state index in [9.17, 15) is 4.79 Å². The van der Waals surface area contributed by atoms with Crippen LogP contribution in [0.2, 0.25) is 18.1 Å². The van der Waals surface area contributed by atoms with Crippen LogP contribution in [-0.2, 0) is 23.4 Å². The summed E-state index contributed by atoms with van der Waals surface area (Å²) in [4.78, 5) is 11.4. The van der Waals surface area contributed by atoms with Crippen LogP contribution in [0.25, 0.3) is 0 Å². The fraction of sp³-hybridized carbons (Fsp3) is 0.609. The first-order valence-corrected chi connectivity index (χ1v) is 13.1. The normalized spacial score (nSPS) is 23.3. The lowest BCUT2D eigenvalue weighted by atomic mass is 9.98. The maximum Gasteiger partial charge on any atom is 0.330 e. The number of carbonyl (C=O) groups excluding carboxylic acids is 1. The van der Waals surface area contributed by atoms with E-state index >= 15 is 0 Å². The molecule has 29 heavy (non-hydrogen) atoms. The van der Waals surface area contributed by atoms with Gasteiger partial charge >= 0.3 is 5.97 Å². The molecule has 0 saturated carbocycles. The standard InChI is InChI=1S/C23H36O5Si/c1-22(2,3)29(7,8)28-20(17-13-10-9-11-14-17)21-18(26-23(4,5)27-21)15-12-16-19(24)25-6/h9-14,16,18,20-21H,15H2,1-8H3/b16-12+/t18-,20+,21-/m0/s1. The average molecular weight is 421 g/mol. The number of methoxy groups -OCH3 is 1. The number of hydrogen-bond donors (Lipinski definition) is 0. The van der Waals surface area contributed by atoms with Crippen molar-refractivity contribution in [3.05, 3.63) is 48.0 Å². The van der Waals surface area contributed by atoms with Gasteiger partial charge in [-0.3, -0.25) is 0 Å². The van der Waals surface area contributed by atoms with E-state index in [2.05, 4.69) is 50.7 Å². The van der Waals surface area contributed by atoms with Crippen LogP contribution in [0.4, 0.5) is 0 Å². The fourth-order valence-electron chi connectivity index (χ4n) is 3.13. The van der Waals surface area contributed by atoms with Crippen molar-refractivity contribution in [2.45, 2.75) is 83.3 Å².